The van der Waals surface area contributed by atoms with Gasteiger partial charge < -0.3 is 5.32 Å². The summed E-state index contributed by atoms with van der Waals surface area (Å²) < 4.78 is 0. The minimum absolute atomic E-state index is 0.0106. The van der Waals surface area contributed by atoms with Crippen molar-refractivity contribution in [1.82, 2.24) is 20.5 Å². The van der Waals surface area contributed by atoms with Crippen molar-refractivity contribution in [2.24, 2.45) is 5.92 Å². The first-order valence-electron chi connectivity index (χ1n) is 7.48. The topological polar surface area (TPSA) is 114 Å². The van der Waals surface area contributed by atoms with Crippen molar-refractivity contribution < 1.29 is 9.72 Å². The number of nitrogens with zero attached hydrogens (tertiary/aromatic N) is 3. The van der Waals surface area contributed by atoms with Crippen LogP contribution in [0, 0.1) is 23.0 Å². The van der Waals surface area contributed by atoms with Gasteiger partial charge in [0.2, 0.25) is 5.91 Å². The Labute approximate surface area is 139 Å². The van der Waals surface area contributed by atoms with Crippen molar-refractivity contribution in [3.63, 3.8) is 0 Å². The maximum atomic E-state index is 12.1. The molecular formula is C16H19N5O3. The molecule has 1 heterocycles. The molecule has 0 radical (unpaired) electrons. The first-order chi connectivity index (χ1) is 11.4. The van der Waals surface area contributed by atoms with Crippen LogP contribution in [0.25, 0.3) is 6.08 Å². The van der Waals surface area contributed by atoms with Crippen molar-refractivity contribution in [3.8, 4) is 0 Å². The molecule has 2 N–H and O–H groups in total. The van der Waals surface area contributed by atoms with Crippen molar-refractivity contribution in [1.29, 1.82) is 0 Å². The summed E-state index contributed by atoms with van der Waals surface area (Å²) >= 11 is 0. The molecule has 2 aromatic rings. The number of carbonyl (C=O) groups excluding carboxylic acids is 1. The van der Waals surface area contributed by atoms with Crippen molar-refractivity contribution >= 4 is 17.7 Å². The molecule has 0 unspecified atom stereocenters. The number of hydrogen-bond donors (Lipinski definition) is 2. The number of amides is 1. The summed E-state index contributed by atoms with van der Waals surface area (Å²) in [5.74, 6) is 1.07. The Morgan fingerprint density at radius 3 is 2.50 bits per heavy atom. The fourth-order valence-electron chi connectivity index (χ4n) is 2.11. The average Bonchev–Trinajstić information content (AvgIpc) is 2.96. The highest BCUT2D eigenvalue weighted by Crippen LogP contribution is 2.18. The number of non-ortho nitro benzene ring substituents is 1. The Balaban J connectivity index is 2.03. The Bertz CT molecular complexity index is 749. The Morgan fingerprint density at radius 1 is 1.33 bits per heavy atom. The number of aryl methyl sites for hydroxylation is 1. The van der Waals surface area contributed by atoms with Gasteiger partial charge in [0.05, 0.1) is 11.0 Å². The van der Waals surface area contributed by atoms with Crippen LogP contribution in [0.4, 0.5) is 5.69 Å². The highest BCUT2D eigenvalue weighted by atomic mass is 16.6. The third-order valence-electron chi connectivity index (χ3n) is 3.39. The third kappa shape index (κ3) is 4.48. The standard InChI is InChI=1S/C16H19N5O3/c1-10(2)15(16-17-11(3)19-20-16)18-14(22)9-6-12-4-7-13(8-5-12)21(23)24/h4-10,15H,1-3H3,(H,18,22)(H,17,19,20)/b9-6-/t15-/m1/s1. The van der Waals surface area contributed by atoms with E-state index >= 15 is 0 Å². The number of aromatic amines is 1. The van der Waals surface area contributed by atoms with Gasteiger partial charge in [-0.25, -0.2) is 4.98 Å². The molecule has 0 aliphatic heterocycles. The Morgan fingerprint density at radius 2 is 2.00 bits per heavy atom. The summed E-state index contributed by atoms with van der Waals surface area (Å²) in [7, 11) is 0. The van der Waals surface area contributed by atoms with E-state index in [1.165, 1.54) is 18.2 Å². The van der Waals surface area contributed by atoms with Crippen LogP contribution in [0.3, 0.4) is 0 Å². The van der Waals surface area contributed by atoms with Crippen molar-refractivity contribution in [3.05, 3.63) is 57.7 Å². The number of H-pyrrole nitrogens is 1. The minimum Gasteiger partial charge on any atom is -0.342 e. The molecule has 0 saturated carbocycles. The van der Waals surface area contributed by atoms with Crippen LogP contribution in [0.2, 0.25) is 0 Å². The second-order valence-corrected chi connectivity index (χ2v) is 5.69. The molecule has 0 fully saturated rings. The molecule has 0 aliphatic carbocycles. The van der Waals surface area contributed by atoms with E-state index in [1.54, 1.807) is 25.1 Å². The van der Waals surface area contributed by atoms with Gasteiger partial charge >= 0.3 is 0 Å². The Hall–Kier alpha value is -3.03. The van der Waals surface area contributed by atoms with E-state index in [4.69, 9.17) is 0 Å². The predicted molar refractivity (Wildman–Crippen MR) is 89.0 cm³/mol. The molecule has 8 nitrogen and oxygen atoms in total. The highest BCUT2D eigenvalue weighted by molar-refractivity contribution is 5.92. The number of carbonyl (C=O) groups is 1. The maximum absolute atomic E-state index is 12.1. The molecule has 8 heteroatoms. The van der Waals surface area contributed by atoms with Gasteiger partial charge in [-0.2, -0.15) is 5.10 Å². The first-order valence-corrected chi connectivity index (χ1v) is 7.48. The molecule has 24 heavy (non-hydrogen) atoms. The Kier molecular flexibility index (Phi) is 5.41. The highest BCUT2D eigenvalue weighted by Gasteiger charge is 2.21. The molecule has 2 rings (SSSR count). The summed E-state index contributed by atoms with van der Waals surface area (Å²) in [6.07, 6.45) is 2.98. The lowest BCUT2D eigenvalue weighted by molar-refractivity contribution is -0.384. The summed E-state index contributed by atoms with van der Waals surface area (Å²) in [4.78, 5) is 26.5. The van der Waals surface area contributed by atoms with Crippen molar-refractivity contribution in [2.45, 2.75) is 26.8 Å². The van der Waals surface area contributed by atoms with Gasteiger partial charge in [-0.3, -0.25) is 20.0 Å². The number of aromatic nitrogens is 3. The van der Waals surface area contributed by atoms with Gasteiger partial charge in [0.1, 0.15) is 5.82 Å². The summed E-state index contributed by atoms with van der Waals surface area (Å²) in [5, 5.41) is 20.3. The third-order valence-corrected chi connectivity index (χ3v) is 3.39. The molecule has 1 atom stereocenters. The molecule has 1 aromatic heterocycles. The minimum atomic E-state index is -0.466. The lowest BCUT2D eigenvalue weighted by atomic mass is 10.0. The zero-order valence-corrected chi connectivity index (χ0v) is 13.7. The average molecular weight is 329 g/mol. The molecular weight excluding hydrogens is 310 g/mol. The lowest BCUT2D eigenvalue weighted by Gasteiger charge is -2.18. The van der Waals surface area contributed by atoms with E-state index in [0.29, 0.717) is 17.2 Å². The van der Waals surface area contributed by atoms with Crippen LogP contribution in [0.1, 0.15) is 37.1 Å². The summed E-state index contributed by atoms with van der Waals surface area (Å²) in [6, 6.07) is 5.65. The number of benzene rings is 1. The zero-order chi connectivity index (χ0) is 17.7. The van der Waals surface area contributed by atoms with Gasteiger partial charge in [-0.15, -0.1) is 0 Å². The molecule has 0 bridgehead atoms. The van der Waals surface area contributed by atoms with Gasteiger partial charge in [0, 0.05) is 18.2 Å². The van der Waals surface area contributed by atoms with Crippen LogP contribution < -0.4 is 5.32 Å². The summed E-state index contributed by atoms with van der Waals surface area (Å²) in [5.41, 5.74) is 0.710. The number of nitrogens with one attached hydrogen (secondary N) is 2. The monoisotopic (exact) mass is 329 g/mol. The number of nitro groups is 1. The predicted octanol–water partition coefficient (Wildman–Crippen LogP) is 2.55. The van der Waals surface area contributed by atoms with E-state index in [-0.39, 0.29) is 23.6 Å². The van der Waals surface area contributed by atoms with E-state index in [0.717, 1.165) is 0 Å². The van der Waals surface area contributed by atoms with Crippen LogP contribution in [0.5, 0.6) is 0 Å². The lowest BCUT2D eigenvalue weighted by Crippen LogP contribution is -2.31. The van der Waals surface area contributed by atoms with E-state index in [1.807, 2.05) is 13.8 Å². The first kappa shape index (κ1) is 17.3. The van der Waals surface area contributed by atoms with E-state index < -0.39 is 4.92 Å². The molecule has 0 saturated heterocycles. The van der Waals surface area contributed by atoms with E-state index in [9.17, 15) is 14.9 Å². The maximum Gasteiger partial charge on any atom is 0.269 e. The van der Waals surface area contributed by atoms with Gasteiger partial charge in [0.15, 0.2) is 5.82 Å². The molecule has 0 spiro atoms. The number of rotatable bonds is 6. The van der Waals surface area contributed by atoms with Gasteiger partial charge in [0.25, 0.3) is 5.69 Å². The van der Waals surface area contributed by atoms with Crippen LogP contribution in [-0.2, 0) is 4.79 Å². The summed E-state index contributed by atoms with van der Waals surface area (Å²) in [6.45, 7) is 5.73. The van der Waals surface area contributed by atoms with Crippen LogP contribution in [-0.4, -0.2) is 26.0 Å². The van der Waals surface area contributed by atoms with E-state index in [2.05, 4.69) is 20.5 Å². The fraction of sp³-hybridized carbons (Fsp3) is 0.312. The SMILES string of the molecule is Cc1nc([C@H](NC(=O)/C=C\c2ccc([N+](=O)[O-])cc2)C(C)C)n[nH]1. The van der Waals surface area contributed by atoms with Crippen LogP contribution in [0.15, 0.2) is 30.3 Å². The number of hydrogen-bond acceptors (Lipinski definition) is 5. The normalized spacial score (nSPS) is 12.5. The molecule has 126 valence electrons. The smallest absolute Gasteiger partial charge is 0.269 e. The quantitative estimate of drug-likeness (QED) is 0.480. The largest absolute Gasteiger partial charge is 0.342 e. The molecule has 1 amide bonds. The zero-order valence-electron chi connectivity index (χ0n) is 13.7. The molecule has 0 aliphatic rings. The second kappa shape index (κ2) is 7.49. The number of nitro benzene ring substituents is 1. The van der Waals surface area contributed by atoms with Crippen molar-refractivity contribution in [2.75, 3.05) is 0 Å². The molecule has 1 aromatic carbocycles. The van der Waals surface area contributed by atoms with Gasteiger partial charge in [-0.05, 0) is 36.6 Å². The van der Waals surface area contributed by atoms with Crippen LogP contribution >= 0.6 is 0 Å². The van der Waals surface area contributed by atoms with Gasteiger partial charge in [-0.1, -0.05) is 13.8 Å². The second-order valence-electron chi connectivity index (χ2n) is 5.69. The fourth-order valence-corrected chi connectivity index (χ4v) is 2.11.